The molecular formula is C20H14N4O3. The van der Waals surface area contributed by atoms with Crippen LogP contribution in [0.5, 0.6) is 5.88 Å². The molecule has 0 atom stereocenters. The van der Waals surface area contributed by atoms with Gasteiger partial charge in [-0.2, -0.15) is 5.10 Å². The maximum absolute atomic E-state index is 12.3. The monoisotopic (exact) mass is 358 g/mol. The van der Waals surface area contributed by atoms with Crippen LogP contribution in [0, 0.1) is 0 Å². The summed E-state index contributed by atoms with van der Waals surface area (Å²) in [6.45, 7) is 0. The number of aromatic nitrogens is 2. The molecule has 7 heteroatoms. The van der Waals surface area contributed by atoms with Crippen molar-refractivity contribution in [2.75, 3.05) is 0 Å². The molecule has 7 nitrogen and oxygen atoms in total. The van der Waals surface area contributed by atoms with Gasteiger partial charge in [-0.05, 0) is 18.2 Å². The van der Waals surface area contributed by atoms with Gasteiger partial charge in [0, 0.05) is 11.1 Å². The summed E-state index contributed by atoms with van der Waals surface area (Å²) in [6, 6.07) is 17.9. The van der Waals surface area contributed by atoms with E-state index >= 15 is 0 Å². The lowest BCUT2D eigenvalue weighted by Crippen LogP contribution is -2.30. The summed E-state index contributed by atoms with van der Waals surface area (Å²) >= 11 is 0. The van der Waals surface area contributed by atoms with E-state index in [2.05, 4.69) is 15.2 Å². The second-order valence-electron chi connectivity index (χ2n) is 5.83. The summed E-state index contributed by atoms with van der Waals surface area (Å²) in [6.07, 6.45) is 2.97. The summed E-state index contributed by atoms with van der Waals surface area (Å²) < 4.78 is 1.04. The third-order valence-corrected chi connectivity index (χ3v) is 4.11. The third kappa shape index (κ3) is 3.02. The Balaban J connectivity index is 1.87. The minimum Gasteiger partial charge on any atom is -0.494 e. The Hall–Kier alpha value is -4.00. The number of hydrogen-bond acceptors (Lipinski definition) is 5. The average molecular weight is 358 g/mol. The zero-order valence-electron chi connectivity index (χ0n) is 14.0. The molecule has 0 aliphatic carbocycles. The van der Waals surface area contributed by atoms with Crippen LogP contribution >= 0.6 is 0 Å². The molecule has 0 spiro atoms. The van der Waals surface area contributed by atoms with Crippen LogP contribution in [0.4, 0.5) is 0 Å². The normalized spacial score (nSPS) is 14.5. The number of aromatic hydroxyl groups is 1. The maximum atomic E-state index is 12.3. The maximum Gasteiger partial charge on any atom is 0.335 e. The summed E-state index contributed by atoms with van der Waals surface area (Å²) in [5.74, 6) is -0.449. The zero-order valence-corrected chi connectivity index (χ0v) is 14.0. The van der Waals surface area contributed by atoms with Crippen LogP contribution in [-0.2, 0) is 0 Å². The van der Waals surface area contributed by atoms with Gasteiger partial charge in [0.2, 0.25) is 5.88 Å². The Morgan fingerprint density at radius 3 is 2.33 bits per heavy atom. The van der Waals surface area contributed by atoms with Gasteiger partial charge < -0.3 is 5.11 Å². The predicted octanol–water partition coefficient (Wildman–Crippen LogP) is 2.10. The SMILES string of the molecule is O=c1[nH]c(=O)n(-c2ccccc2)c(O)c1C=C1C=NN=C1c1ccccc1. The van der Waals surface area contributed by atoms with E-state index in [0.29, 0.717) is 17.0 Å². The molecular weight excluding hydrogens is 344 g/mol. The van der Waals surface area contributed by atoms with Gasteiger partial charge in [0.1, 0.15) is 11.3 Å². The number of nitrogens with one attached hydrogen (secondary N) is 1. The number of para-hydroxylation sites is 1. The largest absolute Gasteiger partial charge is 0.494 e. The molecule has 0 saturated heterocycles. The van der Waals surface area contributed by atoms with E-state index in [0.717, 1.165) is 10.1 Å². The average Bonchev–Trinajstić information content (AvgIpc) is 3.15. The molecule has 1 aromatic heterocycles. The second-order valence-corrected chi connectivity index (χ2v) is 5.83. The summed E-state index contributed by atoms with van der Waals surface area (Å²) in [5, 5.41) is 18.6. The first-order valence-electron chi connectivity index (χ1n) is 8.17. The van der Waals surface area contributed by atoms with E-state index in [1.54, 1.807) is 30.3 Å². The lowest BCUT2D eigenvalue weighted by Gasteiger charge is -2.10. The van der Waals surface area contributed by atoms with Crippen LogP contribution in [0.25, 0.3) is 11.8 Å². The molecule has 27 heavy (non-hydrogen) atoms. The molecule has 3 aromatic rings. The smallest absolute Gasteiger partial charge is 0.335 e. The molecule has 1 aliphatic heterocycles. The van der Waals surface area contributed by atoms with Gasteiger partial charge in [0.05, 0.1) is 11.9 Å². The number of hydrogen-bond donors (Lipinski definition) is 2. The third-order valence-electron chi connectivity index (χ3n) is 4.11. The number of H-pyrrole nitrogens is 1. The van der Waals surface area contributed by atoms with Gasteiger partial charge >= 0.3 is 5.69 Å². The highest BCUT2D eigenvalue weighted by Gasteiger charge is 2.18. The van der Waals surface area contributed by atoms with Crippen LogP contribution in [-0.4, -0.2) is 26.6 Å². The molecule has 0 bridgehead atoms. The first-order chi connectivity index (χ1) is 13.1. The first kappa shape index (κ1) is 16.5. The molecule has 1 aliphatic rings. The number of nitrogens with zero attached hydrogens (tertiary/aromatic N) is 3. The van der Waals surface area contributed by atoms with Gasteiger partial charge in [0.15, 0.2) is 0 Å². The highest BCUT2D eigenvalue weighted by Crippen LogP contribution is 2.21. The predicted molar refractivity (Wildman–Crippen MR) is 104 cm³/mol. The molecule has 2 aromatic carbocycles. The summed E-state index contributed by atoms with van der Waals surface area (Å²) in [4.78, 5) is 26.8. The van der Waals surface area contributed by atoms with E-state index in [1.807, 2.05) is 30.3 Å². The number of aromatic amines is 1. The number of rotatable bonds is 3. The highest BCUT2D eigenvalue weighted by molar-refractivity contribution is 6.28. The van der Waals surface area contributed by atoms with Crippen molar-refractivity contribution in [3.05, 3.63) is 98.2 Å². The van der Waals surface area contributed by atoms with Gasteiger partial charge in [-0.25, -0.2) is 9.36 Å². The Bertz CT molecular complexity index is 1200. The van der Waals surface area contributed by atoms with Crippen molar-refractivity contribution in [1.29, 1.82) is 0 Å². The van der Waals surface area contributed by atoms with E-state index in [4.69, 9.17) is 0 Å². The van der Waals surface area contributed by atoms with E-state index < -0.39 is 17.1 Å². The van der Waals surface area contributed by atoms with Gasteiger partial charge in [-0.1, -0.05) is 48.5 Å². The highest BCUT2D eigenvalue weighted by atomic mass is 16.3. The Kier molecular flexibility index (Phi) is 4.10. The standard InChI is InChI=1S/C20H14N4O3/c25-18-16(11-14-12-21-23-17(14)13-7-3-1-4-8-13)19(26)24(20(27)22-18)15-9-5-2-6-10-15/h1-12,26H,(H,22,25,27). The van der Waals surface area contributed by atoms with Crippen molar-refractivity contribution >= 4 is 18.0 Å². The molecule has 0 saturated carbocycles. The minimum absolute atomic E-state index is 0.0505. The summed E-state index contributed by atoms with van der Waals surface area (Å²) in [5.41, 5.74) is 0.937. The van der Waals surface area contributed by atoms with E-state index in [9.17, 15) is 14.7 Å². The Morgan fingerprint density at radius 2 is 1.63 bits per heavy atom. The van der Waals surface area contributed by atoms with E-state index in [-0.39, 0.29) is 5.56 Å². The molecule has 2 N–H and O–H groups in total. The summed E-state index contributed by atoms with van der Waals surface area (Å²) in [7, 11) is 0. The quantitative estimate of drug-likeness (QED) is 0.750. The van der Waals surface area contributed by atoms with Crippen LogP contribution in [0.2, 0.25) is 0 Å². The Labute approximate surface area is 153 Å². The second kappa shape index (κ2) is 6.72. The van der Waals surface area contributed by atoms with Gasteiger partial charge in [-0.3, -0.25) is 9.78 Å². The van der Waals surface area contributed by atoms with E-state index in [1.165, 1.54) is 12.3 Å². The molecule has 132 valence electrons. The van der Waals surface area contributed by atoms with Crippen molar-refractivity contribution in [3.8, 4) is 11.6 Å². The van der Waals surface area contributed by atoms with Crippen LogP contribution < -0.4 is 11.2 Å². The molecule has 0 amide bonds. The molecule has 0 radical (unpaired) electrons. The minimum atomic E-state index is -0.720. The fraction of sp³-hybridized carbons (Fsp3) is 0. The molecule has 2 heterocycles. The van der Waals surface area contributed by atoms with Crippen molar-refractivity contribution < 1.29 is 5.11 Å². The van der Waals surface area contributed by atoms with Crippen molar-refractivity contribution in [2.45, 2.75) is 0 Å². The molecule has 4 rings (SSSR count). The lowest BCUT2D eigenvalue weighted by molar-refractivity contribution is 0.429. The fourth-order valence-electron chi connectivity index (χ4n) is 2.83. The number of allylic oxidation sites excluding steroid dienone is 1. The van der Waals surface area contributed by atoms with Gasteiger partial charge in [-0.15, -0.1) is 5.10 Å². The van der Waals surface area contributed by atoms with Crippen LogP contribution in [0.3, 0.4) is 0 Å². The molecule has 0 fully saturated rings. The lowest BCUT2D eigenvalue weighted by atomic mass is 10.0. The van der Waals surface area contributed by atoms with Crippen LogP contribution in [0.1, 0.15) is 11.1 Å². The number of benzene rings is 2. The molecule has 0 unspecified atom stereocenters. The van der Waals surface area contributed by atoms with Gasteiger partial charge in [0.25, 0.3) is 5.56 Å². The van der Waals surface area contributed by atoms with Crippen molar-refractivity contribution in [2.24, 2.45) is 10.2 Å². The van der Waals surface area contributed by atoms with Crippen molar-refractivity contribution in [3.63, 3.8) is 0 Å². The fourth-order valence-corrected chi connectivity index (χ4v) is 2.83. The van der Waals surface area contributed by atoms with Crippen LogP contribution in [0.15, 0.2) is 86.0 Å². The van der Waals surface area contributed by atoms with Crippen molar-refractivity contribution in [1.82, 2.24) is 9.55 Å². The zero-order chi connectivity index (χ0) is 18.8. The first-order valence-corrected chi connectivity index (χ1v) is 8.17. The Morgan fingerprint density at radius 1 is 0.963 bits per heavy atom. The topological polar surface area (TPSA) is 99.8 Å².